The SMILES string of the molecule is O=C1CCCN(c2ccccc2F)C1. The van der Waals surface area contributed by atoms with E-state index in [0.29, 0.717) is 18.7 Å². The van der Waals surface area contributed by atoms with E-state index in [2.05, 4.69) is 0 Å². The minimum absolute atomic E-state index is 0.194. The molecule has 0 N–H and O–H groups in total. The summed E-state index contributed by atoms with van der Waals surface area (Å²) in [6, 6.07) is 6.59. The minimum Gasteiger partial charge on any atom is -0.362 e. The van der Waals surface area contributed by atoms with Crippen molar-refractivity contribution >= 4 is 11.5 Å². The van der Waals surface area contributed by atoms with E-state index in [1.165, 1.54) is 6.07 Å². The summed E-state index contributed by atoms with van der Waals surface area (Å²) in [4.78, 5) is 13.0. The van der Waals surface area contributed by atoms with Gasteiger partial charge in [0.2, 0.25) is 0 Å². The summed E-state index contributed by atoms with van der Waals surface area (Å²) in [6.45, 7) is 1.12. The van der Waals surface area contributed by atoms with Crippen LogP contribution in [0.3, 0.4) is 0 Å². The van der Waals surface area contributed by atoms with Gasteiger partial charge in [0.25, 0.3) is 0 Å². The van der Waals surface area contributed by atoms with Gasteiger partial charge >= 0.3 is 0 Å². The number of anilines is 1. The summed E-state index contributed by atoms with van der Waals surface area (Å²) < 4.78 is 13.3. The molecule has 1 fully saturated rings. The molecule has 0 bridgehead atoms. The van der Waals surface area contributed by atoms with Crippen molar-refractivity contribution < 1.29 is 9.18 Å². The number of Topliss-reactive ketones (excluding diaryl/α,β-unsaturated/α-hetero) is 1. The van der Waals surface area contributed by atoms with Gasteiger partial charge in [0.15, 0.2) is 5.78 Å². The maximum Gasteiger partial charge on any atom is 0.152 e. The molecule has 0 spiro atoms. The molecule has 0 aliphatic carbocycles. The Hall–Kier alpha value is -1.38. The van der Waals surface area contributed by atoms with E-state index >= 15 is 0 Å². The van der Waals surface area contributed by atoms with Crippen LogP contribution in [-0.4, -0.2) is 18.9 Å². The number of carbonyl (C=O) groups excluding carboxylic acids is 1. The molecule has 74 valence electrons. The van der Waals surface area contributed by atoms with Gasteiger partial charge in [-0.25, -0.2) is 4.39 Å². The van der Waals surface area contributed by atoms with Crippen molar-refractivity contribution in [2.24, 2.45) is 0 Å². The number of para-hydroxylation sites is 1. The highest BCUT2D eigenvalue weighted by Crippen LogP contribution is 2.21. The molecule has 0 unspecified atom stereocenters. The Morgan fingerprint density at radius 3 is 2.79 bits per heavy atom. The third-order valence-electron chi connectivity index (χ3n) is 2.44. The first-order chi connectivity index (χ1) is 6.77. The van der Waals surface area contributed by atoms with Crippen molar-refractivity contribution in [3.63, 3.8) is 0 Å². The molecule has 0 aromatic heterocycles. The van der Waals surface area contributed by atoms with E-state index in [0.717, 1.165) is 13.0 Å². The zero-order valence-electron chi connectivity index (χ0n) is 7.87. The molecule has 1 aromatic rings. The van der Waals surface area contributed by atoms with Crippen LogP contribution in [0, 0.1) is 5.82 Å². The van der Waals surface area contributed by atoms with Crippen molar-refractivity contribution in [1.82, 2.24) is 0 Å². The van der Waals surface area contributed by atoms with Crippen molar-refractivity contribution in [3.05, 3.63) is 30.1 Å². The Bertz CT molecular complexity index is 351. The number of nitrogens with zero attached hydrogens (tertiary/aromatic N) is 1. The van der Waals surface area contributed by atoms with Crippen molar-refractivity contribution in [2.75, 3.05) is 18.0 Å². The highest BCUT2D eigenvalue weighted by Gasteiger charge is 2.18. The van der Waals surface area contributed by atoms with Gasteiger partial charge in [0.05, 0.1) is 12.2 Å². The van der Waals surface area contributed by atoms with Crippen LogP contribution in [0.2, 0.25) is 0 Å². The summed E-state index contributed by atoms with van der Waals surface area (Å²) in [6.07, 6.45) is 1.46. The maximum atomic E-state index is 13.3. The van der Waals surface area contributed by atoms with E-state index in [1.807, 2.05) is 0 Å². The van der Waals surface area contributed by atoms with Gasteiger partial charge in [-0.3, -0.25) is 4.79 Å². The molecular weight excluding hydrogens is 181 g/mol. The highest BCUT2D eigenvalue weighted by molar-refractivity contribution is 5.84. The number of rotatable bonds is 1. The fourth-order valence-electron chi connectivity index (χ4n) is 1.75. The third-order valence-corrected chi connectivity index (χ3v) is 2.44. The first kappa shape index (κ1) is 9.19. The number of benzene rings is 1. The fourth-order valence-corrected chi connectivity index (χ4v) is 1.75. The number of ketones is 1. The van der Waals surface area contributed by atoms with Gasteiger partial charge in [0, 0.05) is 13.0 Å². The molecule has 0 saturated carbocycles. The molecule has 1 aromatic carbocycles. The number of hydrogen-bond acceptors (Lipinski definition) is 2. The van der Waals surface area contributed by atoms with Gasteiger partial charge in [-0.2, -0.15) is 0 Å². The Morgan fingerprint density at radius 2 is 2.07 bits per heavy atom. The number of halogens is 1. The first-order valence-electron chi connectivity index (χ1n) is 4.78. The minimum atomic E-state index is -0.248. The third kappa shape index (κ3) is 1.76. The van der Waals surface area contributed by atoms with Gasteiger partial charge in [-0.15, -0.1) is 0 Å². The maximum absolute atomic E-state index is 13.3. The van der Waals surface area contributed by atoms with Crippen LogP contribution in [-0.2, 0) is 4.79 Å². The highest BCUT2D eigenvalue weighted by atomic mass is 19.1. The first-order valence-corrected chi connectivity index (χ1v) is 4.78. The zero-order chi connectivity index (χ0) is 9.97. The van der Waals surface area contributed by atoms with Crippen LogP contribution in [0.1, 0.15) is 12.8 Å². The van der Waals surface area contributed by atoms with E-state index in [9.17, 15) is 9.18 Å². The largest absolute Gasteiger partial charge is 0.362 e. The molecule has 3 heteroatoms. The molecule has 2 rings (SSSR count). The van der Waals surface area contributed by atoms with Crippen molar-refractivity contribution in [2.45, 2.75) is 12.8 Å². The van der Waals surface area contributed by atoms with Crippen LogP contribution >= 0.6 is 0 Å². The second-order valence-corrected chi connectivity index (χ2v) is 3.52. The Morgan fingerprint density at radius 1 is 1.29 bits per heavy atom. The van der Waals surface area contributed by atoms with Crippen LogP contribution in [0.15, 0.2) is 24.3 Å². The molecule has 1 saturated heterocycles. The lowest BCUT2D eigenvalue weighted by molar-refractivity contribution is -0.118. The standard InChI is InChI=1S/C11H12FNO/c12-10-5-1-2-6-11(10)13-7-3-4-9(14)8-13/h1-2,5-6H,3-4,7-8H2. The van der Waals surface area contributed by atoms with E-state index < -0.39 is 0 Å². The molecule has 0 radical (unpaired) electrons. The molecule has 0 amide bonds. The molecule has 1 aliphatic rings. The van der Waals surface area contributed by atoms with Crippen LogP contribution in [0.4, 0.5) is 10.1 Å². The summed E-state index contributed by atoms with van der Waals surface area (Å²) in [5.74, 6) is -0.0540. The van der Waals surface area contributed by atoms with E-state index in [-0.39, 0.29) is 11.6 Å². The molecule has 0 atom stereocenters. The lowest BCUT2D eigenvalue weighted by Gasteiger charge is -2.27. The van der Waals surface area contributed by atoms with Gasteiger partial charge < -0.3 is 4.90 Å². The molecule has 14 heavy (non-hydrogen) atoms. The van der Waals surface area contributed by atoms with Gasteiger partial charge in [0.1, 0.15) is 5.82 Å². The average Bonchev–Trinajstić information content (AvgIpc) is 2.18. The number of carbonyl (C=O) groups is 1. The second kappa shape index (κ2) is 3.78. The fraction of sp³-hybridized carbons (Fsp3) is 0.364. The second-order valence-electron chi connectivity index (χ2n) is 3.52. The quantitative estimate of drug-likeness (QED) is 0.679. The van der Waals surface area contributed by atoms with Crippen LogP contribution < -0.4 is 4.90 Å². The van der Waals surface area contributed by atoms with Crippen molar-refractivity contribution in [1.29, 1.82) is 0 Å². The summed E-state index contributed by atoms with van der Waals surface area (Å²) in [7, 11) is 0. The predicted octanol–water partition coefficient (Wildman–Crippen LogP) is 2.00. The lowest BCUT2D eigenvalue weighted by atomic mass is 10.1. The summed E-state index contributed by atoms with van der Waals surface area (Å²) >= 11 is 0. The van der Waals surface area contributed by atoms with Crippen LogP contribution in [0.25, 0.3) is 0 Å². The van der Waals surface area contributed by atoms with Crippen LogP contribution in [0.5, 0.6) is 0 Å². The van der Waals surface area contributed by atoms with Crippen molar-refractivity contribution in [3.8, 4) is 0 Å². The Kier molecular flexibility index (Phi) is 2.48. The monoisotopic (exact) mass is 193 g/mol. The Labute approximate surface area is 82.3 Å². The van der Waals surface area contributed by atoms with Gasteiger partial charge in [-0.1, -0.05) is 12.1 Å². The zero-order valence-corrected chi connectivity index (χ0v) is 7.87. The normalized spacial score (nSPS) is 17.2. The smallest absolute Gasteiger partial charge is 0.152 e. The Balaban J connectivity index is 2.22. The molecule has 1 heterocycles. The lowest BCUT2D eigenvalue weighted by Crippen LogP contribution is -2.36. The topological polar surface area (TPSA) is 20.3 Å². The number of hydrogen-bond donors (Lipinski definition) is 0. The van der Waals surface area contributed by atoms with E-state index in [4.69, 9.17) is 0 Å². The molecule has 2 nitrogen and oxygen atoms in total. The van der Waals surface area contributed by atoms with Gasteiger partial charge in [-0.05, 0) is 18.6 Å². The summed E-state index contributed by atoms with van der Waals surface area (Å²) in [5.41, 5.74) is 0.542. The van der Waals surface area contributed by atoms with E-state index in [1.54, 1.807) is 23.1 Å². The predicted molar refractivity (Wildman–Crippen MR) is 52.9 cm³/mol. The summed E-state index contributed by atoms with van der Waals surface area (Å²) in [5, 5.41) is 0. The molecule has 1 aliphatic heterocycles. The number of piperidine rings is 1. The molecular formula is C11H12FNO. The average molecular weight is 193 g/mol.